The van der Waals surface area contributed by atoms with Gasteiger partial charge in [0.1, 0.15) is 23.0 Å². The fourth-order valence-corrected chi connectivity index (χ4v) is 2.20. The lowest BCUT2D eigenvalue weighted by Crippen LogP contribution is -2.30. The second kappa shape index (κ2) is 5.40. The highest BCUT2D eigenvalue weighted by Crippen LogP contribution is 2.32. The third kappa shape index (κ3) is 2.58. The maximum absolute atomic E-state index is 11.6. The van der Waals surface area contributed by atoms with Gasteiger partial charge in [0.05, 0.1) is 12.7 Å². The fraction of sp³-hybridized carbons (Fsp3) is 0.125. The molecule has 0 saturated carbocycles. The van der Waals surface area contributed by atoms with E-state index in [0.717, 1.165) is 16.9 Å². The van der Waals surface area contributed by atoms with Gasteiger partial charge in [-0.15, -0.1) is 0 Å². The Kier molecular flexibility index (Phi) is 3.42. The van der Waals surface area contributed by atoms with Crippen molar-refractivity contribution in [3.63, 3.8) is 0 Å². The van der Waals surface area contributed by atoms with Gasteiger partial charge in [0, 0.05) is 6.08 Å². The average molecular weight is 297 g/mol. The lowest BCUT2D eigenvalue weighted by atomic mass is 10.1. The van der Waals surface area contributed by atoms with Crippen molar-refractivity contribution in [1.29, 1.82) is 0 Å². The van der Waals surface area contributed by atoms with Gasteiger partial charge >= 0.3 is 0 Å². The van der Waals surface area contributed by atoms with Gasteiger partial charge in [0.15, 0.2) is 0 Å². The second-order valence-electron chi connectivity index (χ2n) is 4.89. The summed E-state index contributed by atoms with van der Waals surface area (Å²) in [5.74, 6) is 1.64. The number of aryl methyl sites for hydroxylation is 1. The number of ether oxygens (including phenoxy) is 1. The number of amides is 1. The zero-order chi connectivity index (χ0) is 15.7. The van der Waals surface area contributed by atoms with E-state index in [1.807, 2.05) is 31.2 Å². The number of rotatable bonds is 3. The summed E-state index contributed by atoms with van der Waals surface area (Å²) < 4.78 is 11.1. The summed E-state index contributed by atoms with van der Waals surface area (Å²) in [5, 5.41) is 2.41. The van der Waals surface area contributed by atoms with Crippen LogP contribution in [0.2, 0.25) is 0 Å². The molecule has 22 heavy (non-hydrogen) atoms. The van der Waals surface area contributed by atoms with E-state index >= 15 is 0 Å². The monoisotopic (exact) mass is 297 g/mol. The number of guanidine groups is 1. The van der Waals surface area contributed by atoms with Crippen LogP contribution < -0.4 is 15.8 Å². The molecule has 1 aromatic heterocycles. The number of aliphatic imine (C=N–C) groups is 1. The number of nitrogens with two attached hydrogens (primary N) is 1. The van der Waals surface area contributed by atoms with Crippen LogP contribution in [0.5, 0.6) is 5.75 Å². The van der Waals surface area contributed by atoms with E-state index in [1.54, 1.807) is 19.3 Å². The minimum atomic E-state index is -0.344. The van der Waals surface area contributed by atoms with Gasteiger partial charge in [-0.1, -0.05) is 6.07 Å². The maximum Gasteiger partial charge on any atom is 0.276 e. The van der Waals surface area contributed by atoms with Crippen molar-refractivity contribution >= 4 is 17.9 Å². The molecule has 2 heterocycles. The summed E-state index contributed by atoms with van der Waals surface area (Å²) in [7, 11) is 1.62. The number of carbonyl (C=O) groups is 1. The van der Waals surface area contributed by atoms with E-state index in [2.05, 4.69) is 10.3 Å². The molecule has 0 radical (unpaired) electrons. The molecule has 1 aliphatic heterocycles. The average Bonchev–Trinajstić information content (AvgIpc) is 3.06. The van der Waals surface area contributed by atoms with Crippen LogP contribution in [-0.4, -0.2) is 19.0 Å². The molecular weight excluding hydrogens is 282 g/mol. The highest BCUT2D eigenvalue weighted by Gasteiger charge is 2.18. The van der Waals surface area contributed by atoms with Crippen LogP contribution >= 0.6 is 0 Å². The van der Waals surface area contributed by atoms with Crippen molar-refractivity contribution in [2.24, 2.45) is 10.7 Å². The number of nitrogens with zero attached hydrogens (tertiary/aromatic N) is 1. The molecule has 0 unspecified atom stereocenters. The molecular formula is C16H15N3O3. The van der Waals surface area contributed by atoms with E-state index in [1.165, 1.54) is 0 Å². The Morgan fingerprint density at radius 3 is 2.82 bits per heavy atom. The molecule has 6 nitrogen and oxygen atoms in total. The van der Waals surface area contributed by atoms with Crippen LogP contribution in [0, 0.1) is 6.92 Å². The predicted molar refractivity (Wildman–Crippen MR) is 83.2 cm³/mol. The summed E-state index contributed by atoms with van der Waals surface area (Å²) in [4.78, 5) is 15.5. The number of nitrogens with one attached hydrogen (secondary N) is 1. The molecule has 0 fully saturated rings. The Hall–Kier alpha value is -3.02. The van der Waals surface area contributed by atoms with Crippen LogP contribution in [0.1, 0.15) is 11.3 Å². The van der Waals surface area contributed by atoms with Crippen molar-refractivity contribution in [1.82, 2.24) is 5.32 Å². The summed E-state index contributed by atoms with van der Waals surface area (Å²) in [6.07, 6.45) is 1.54. The molecule has 1 aliphatic rings. The molecule has 1 amide bonds. The van der Waals surface area contributed by atoms with Gasteiger partial charge in [-0.25, -0.2) is 4.99 Å². The highest BCUT2D eigenvalue weighted by molar-refractivity contribution is 6.13. The van der Waals surface area contributed by atoms with Gasteiger partial charge in [0.2, 0.25) is 5.96 Å². The zero-order valence-electron chi connectivity index (χ0n) is 12.2. The van der Waals surface area contributed by atoms with E-state index < -0.39 is 0 Å². The van der Waals surface area contributed by atoms with Gasteiger partial charge in [0.25, 0.3) is 5.91 Å². The SMILES string of the molecule is COc1cc(C)ccc1-c1ccc(C=C2N=C(N)NC2=O)o1. The molecule has 0 atom stereocenters. The van der Waals surface area contributed by atoms with Crippen molar-refractivity contribution < 1.29 is 13.9 Å². The van der Waals surface area contributed by atoms with Gasteiger partial charge in [-0.2, -0.15) is 0 Å². The lowest BCUT2D eigenvalue weighted by molar-refractivity contribution is -0.115. The minimum absolute atomic E-state index is 0.0863. The molecule has 0 spiro atoms. The number of furan rings is 1. The standard InChI is InChI=1S/C16H15N3O3/c1-9-3-5-11(14(7-9)21-2)13-6-4-10(22-13)8-12-15(20)19-16(17)18-12/h3-8H,1-2H3,(H3,17,18,19,20). The Balaban J connectivity index is 1.95. The number of hydrogen-bond acceptors (Lipinski definition) is 5. The van der Waals surface area contributed by atoms with Crippen molar-refractivity contribution in [2.75, 3.05) is 7.11 Å². The maximum atomic E-state index is 11.6. The van der Waals surface area contributed by atoms with E-state index in [4.69, 9.17) is 14.9 Å². The molecule has 3 N–H and O–H groups in total. The number of methoxy groups -OCH3 is 1. The molecule has 1 aromatic carbocycles. The fourth-order valence-electron chi connectivity index (χ4n) is 2.20. The second-order valence-corrected chi connectivity index (χ2v) is 4.89. The van der Waals surface area contributed by atoms with E-state index in [0.29, 0.717) is 11.5 Å². The Bertz CT molecular complexity index is 803. The highest BCUT2D eigenvalue weighted by atomic mass is 16.5. The first-order valence-electron chi connectivity index (χ1n) is 6.69. The molecule has 3 rings (SSSR count). The zero-order valence-corrected chi connectivity index (χ0v) is 12.2. The Morgan fingerprint density at radius 2 is 2.14 bits per heavy atom. The van der Waals surface area contributed by atoms with Crippen LogP contribution in [-0.2, 0) is 4.79 Å². The van der Waals surface area contributed by atoms with Crippen LogP contribution in [0.4, 0.5) is 0 Å². The van der Waals surface area contributed by atoms with Crippen molar-refractivity contribution in [3.8, 4) is 17.1 Å². The lowest BCUT2D eigenvalue weighted by Gasteiger charge is -2.06. The first-order valence-corrected chi connectivity index (χ1v) is 6.69. The third-order valence-electron chi connectivity index (χ3n) is 3.24. The quantitative estimate of drug-likeness (QED) is 0.848. The van der Waals surface area contributed by atoms with Crippen molar-refractivity contribution in [2.45, 2.75) is 6.92 Å². The Labute approximate surface area is 127 Å². The number of hydrogen-bond donors (Lipinski definition) is 2. The molecule has 0 aliphatic carbocycles. The predicted octanol–water partition coefficient (Wildman–Crippen LogP) is 2.05. The summed E-state index contributed by atoms with van der Waals surface area (Å²) in [6.45, 7) is 1.99. The van der Waals surface area contributed by atoms with Gasteiger partial charge < -0.3 is 14.9 Å². The molecule has 2 aromatic rings. The number of benzene rings is 1. The molecule has 0 saturated heterocycles. The summed E-state index contributed by atoms with van der Waals surface area (Å²) >= 11 is 0. The van der Waals surface area contributed by atoms with Gasteiger partial charge in [-0.05, 0) is 36.8 Å². The summed E-state index contributed by atoms with van der Waals surface area (Å²) in [6, 6.07) is 9.43. The first-order chi connectivity index (χ1) is 10.6. The molecule has 112 valence electrons. The van der Waals surface area contributed by atoms with E-state index in [-0.39, 0.29) is 17.6 Å². The van der Waals surface area contributed by atoms with Crippen LogP contribution in [0.15, 0.2) is 45.4 Å². The van der Waals surface area contributed by atoms with E-state index in [9.17, 15) is 4.79 Å². The van der Waals surface area contributed by atoms with Crippen LogP contribution in [0.25, 0.3) is 17.4 Å². The van der Waals surface area contributed by atoms with Gasteiger partial charge in [-0.3, -0.25) is 10.1 Å². The van der Waals surface area contributed by atoms with Crippen molar-refractivity contribution in [3.05, 3.63) is 47.4 Å². The summed E-state index contributed by atoms with van der Waals surface area (Å²) in [5.41, 5.74) is 7.61. The largest absolute Gasteiger partial charge is 0.496 e. The first kappa shape index (κ1) is 13.9. The third-order valence-corrected chi connectivity index (χ3v) is 3.24. The smallest absolute Gasteiger partial charge is 0.276 e. The topological polar surface area (TPSA) is 89.9 Å². The number of carbonyl (C=O) groups excluding carboxylic acids is 1. The molecule has 0 bridgehead atoms. The normalized spacial score (nSPS) is 15.8. The Morgan fingerprint density at radius 1 is 1.32 bits per heavy atom. The van der Waals surface area contributed by atoms with Crippen LogP contribution in [0.3, 0.4) is 0 Å². The minimum Gasteiger partial charge on any atom is -0.496 e. The molecule has 6 heteroatoms.